The van der Waals surface area contributed by atoms with Crippen molar-refractivity contribution in [3.63, 3.8) is 0 Å². The van der Waals surface area contributed by atoms with Gasteiger partial charge in [0.25, 0.3) is 0 Å². The molecule has 1 saturated heterocycles. The standard InChI is InChI=1S/C12H21NO2/c14-9-11(3-4-11)12(15)5-7-13(8-6-12)10-1-2-10/h10,14-15H,1-9H2. The first kappa shape index (κ1) is 10.1. The van der Waals surface area contributed by atoms with Crippen LogP contribution in [0.15, 0.2) is 0 Å². The minimum absolute atomic E-state index is 0.122. The molecule has 1 aliphatic heterocycles. The maximum absolute atomic E-state index is 10.6. The summed E-state index contributed by atoms with van der Waals surface area (Å²) in [5.41, 5.74) is -0.685. The molecule has 2 N–H and O–H groups in total. The van der Waals surface area contributed by atoms with Gasteiger partial charge in [0, 0.05) is 24.5 Å². The molecular weight excluding hydrogens is 190 g/mol. The van der Waals surface area contributed by atoms with Gasteiger partial charge in [-0.05, 0) is 38.5 Å². The summed E-state index contributed by atoms with van der Waals surface area (Å²) in [6.45, 7) is 2.23. The molecule has 2 saturated carbocycles. The van der Waals surface area contributed by atoms with Gasteiger partial charge in [-0.2, -0.15) is 0 Å². The predicted molar refractivity (Wildman–Crippen MR) is 57.5 cm³/mol. The maximum Gasteiger partial charge on any atom is 0.0750 e. The Kier molecular flexibility index (Phi) is 2.14. The summed E-state index contributed by atoms with van der Waals surface area (Å²) in [7, 11) is 0. The second-order valence-electron chi connectivity index (χ2n) is 5.74. The SMILES string of the molecule is OCC1(C2(O)CCN(C3CC3)CC2)CC1. The third kappa shape index (κ3) is 1.52. The molecule has 0 aromatic carbocycles. The monoisotopic (exact) mass is 211 g/mol. The molecule has 0 amide bonds. The smallest absolute Gasteiger partial charge is 0.0750 e. The summed E-state index contributed by atoms with van der Waals surface area (Å²) in [5.74, 6) is 0. The number of piperidine rings is 1. The van der Waals surface area contributed by atoms with Crippen molar-refractivity contribution in [2.75, 3.05) is 19.7 Å². The van der Waals surface area contributed by atoms with Gasteiger partial charge in [0.05, 0.1) is 12.2 Å². The van der Waals surface area contributed by atoms with Crippen molar-refractivity contribution in [1.82, 2.24) is 4.90 Å². The molecule has 3 heteroatoms. The molecule has 0 aromatic rings. The van der Waals surface area contributed by atoms with Gasteiger partial charge in [0.1, 0.15) is 0 Å². The van der Waals surface area contributed by atoms with Crippen molar-refractivity contribution in [3.8, 4) is 0 Å². The molecule has 0 radical (unpaired) electrons. The predicted octanol–water partition coefficient (Wildman–Crippen LogP) is 0.748. The summed E-state index contributed by atoms with van der Waals surface area (Å²) >= 11 is 0. The van der Waals surface area contributed by atoms with Crippen molar-refractivity contribution in [2.24, 2.45) is 5.41 Å². The van der Waals surface area contributed by atoms with Crippen LogP contribution in [0, 0.1) is 5.41 Å². The average Bonchev–Trinajstić information content (AvgIpc) is 3.13. The van der Waals surface area contributed by atoms with Crippen molar-refractivity contribution in [2.45, 2.75) is 50.2 Å². The summed E-state index contributed by atoms with van der Waals surface area (Å²) in [6, 6.07) is 0.818. The Hall–Kier alpha value is -0.120. The molecule has 2 aliphatic carbocycles. The normalized spacial score (nSPS) is 34.0. The Labute approximate surface area is 91.1 Å². The van der Waals surface area contributed by atoms with Crippen LogP contribution in [0.5, 0.6) is 0 Å². The Morgan fingerprint density at radius 1 is 1.07 bits per heavy atom. The van der Waals surface area contributed by atoms with Gasteiger partial charge in [0.15, 0.2) is 0 Å². The minimum atomic E-state index is -0.562. The van der Waals surface area contributed by atoms with Crippen LogP contribution in [0.3, 0.4) is 0 Å². The van der Waals surface area contributed by atoms with Crippen LogP contribution in [-0.4, -0.2) is 46.5 Å². The van der Waals surface area contributed by atoms with Crippen LogP contribution >= 0.6 is 0 Å². The van der Waals surface area contributed by atoms with E-state index in [1.54, 1.807) is 0 Å². The fourth-order valence-electron chi connectivity index (χ4n) is 3.15. The zero-order chi connectivity index (χ0) is 10.5. The largest absolute Gasteiger partial charge is 0.396 e. The number of hydrogen-bond donors (Lipinski definition) is 2. The van der Waals surface area contributed by atoms with E-state index in [1.165, 1.54) is 12.8 Å². The Balaban J connectivity index is 1.64. The van der Waals surface area contributed by atoms with Crippen LogP contribution < -0.4 is 0 Å². The molecule has 3 fully saturated rings. The van der Waals surface area contributed by atoms with E-state index >= 15 is 0 Å². The van der Waals surface area contributed by atoms with Gasteiger partial charge in [-0.25, -0.2) is 0 Å². The van der Waals surface area contributed by atoms with E-state index in [1.807, 2.05) is 0 Å². The van der Waals surface area contributed by atoms with E-state index in [4.69, 9.17) is 0 Å². The van der Waals surface area contributed by atoms with Crippen molar-refractivity contribution < 1.29 is 10.2 Å². The van der Waals surface area contributed by atoms with E-state index in [9.17, 15) is 10.2 Å². The summed E-state index contributed by atoms with van der Waals surface area (Å²) in [4.78, 5) is 2.52. The lowest BCUT2D eigenvalue weighted by Gasteiger charge is -2.43. The molecule has 0 unspecified atom stereocenters. The van der Waals surface area contributed by atoms with E-state index in [0.29, 0.717) is 0 Å². The number of aliphatic hydroxyl groups is 2. The highest BCUT2D eigenvalue weighted by atomic mass is 16.3. The van der Waals surface area contributed by atoms with E-state index in [0.717, 1.165) is 44.8 Å². The molecule has 15 heavy (non-hydrogen) atoms. The lowest BCUT2D eigenvalue weighted by atomic mass is 9.77. The minimum Gasteiger partial charge on any atom is -0.396 e. The fourth-order valence-corrected chi connectivity index (χ4v) is 3.15. The quantitative estimate of drug-likeness (QED) is 0.724. The van der Waals surface area contributed by atoms with Crippen LogP contribution in [-0.2, 0) is 0 Å². The van der Waals surface area contributed by atoms with Crippen molar-refractivity contribution >= 4 is 0 Å². The third-order valence-corrected chi connectivity index (χ3v) is 4.83. The van der Waals surface area contributed by atoms with E-state index < -0.39 is 5.60 Å². The Morgan fingerprint density at radius 2 is 1.67 bits per heavy atom. The van der Waals surface area contributed by atoms with E-state index in [-0.39, 0.29) is 12.0 Å². The molecule has 3 rings (SSSR count). The summed E-state index contributed by atoms with van der Waals surface area (Å²) < 4.78 is 0. The molecule has 3 aliphatic rings. The van der Waals surface area contributed by atoms with Gasteiger partial charge in [-0.3, -0.25) is 0 Å². The lowest BCUT2D eigenvalue weighted by Crippen LogP contribution is -2.51. The molecule has 3 nitrogen and oxygen atoms in total. The second kappa shape index (κ2) is 3.19. The van der Waals surface area contributed by atoms with Gasteiger partial charge in [-0.1, -0.05) is 0 Å². The van der Waals surface area contributed by atoms with Crippen molar-refractivity contribution in [1.29, 1.82) is 0 Å². The number of nitrogens with zero attached hydrogens (tertiary/aromatic N) is 1. The molecule has 0 aromatic heterocycles. The molecule has 1 heterocycles. The number of rotatable bonds is 3. The van der Waals surface area contributed by atoms with Crippen LogP contribution in [0.25, 0.3) is 0 Å². The lowest BCUT2D eigenvalue weighted by molar-refractivity contribution is -0.0956. The number of likely N-dealkylation sites (tertiary alicyclic amines) is 1. The highest BCUT2D eigenvalue weighted by molar-refractivity contribution is 5.10. The summed E-state index contributed by atoms with van der Waals surface area (Å²) in [6.07, 6.45) is 6.47. The molecule has 0 bridgehead atoms. The van der Waals surface area contributed by atoms with Gasteiger partial charge < -0.3 is 15.1 Å². The molecule has 0 spiro atoms. The first-order valence-electron chi connectivity index (χ1n) is 6.26. The van der Waals surface area contributed by atoms with Gasteiger partial charge in [0.2, 0.25) is 0 Å². The molecule has 0 atom stereocenters. The zero-order valence-corrected chi connectivity index (χ0v) is 9.28. The van der Waals surface area contributed by atoms with Gasteiger partial charge in [-0.15, -0.1) is 0 Å². The van der Waals surface area contributed by atoms with Crippen LogP contribution in [0.1, 0.15) is 38.5 Å². The fraction of sp³-hybridized carbons (Fsp3) is 1.00. The van der Waals surface area contributed by atoms with Crippen LogP contribution in [0.2, 0.25) is 0 Å². The Morgan fingerprint density at radius 3 is 2.07 bits per heavy atom. The van der Waals surface area contributed by atoms with Gasteiger partial charge >= 0.3 is 0 Å². The zero-order valence-electron chi connectivity index (χ0n) is 9.28. The Bertz CT molecular complexity index is 250. The highest BCUT2D eigenvalue weighted by Gasteiger charge is 2.59. The van der Waals surface area contributed by atoms with E-state index in [2.05, 4.69) is 4.90 Å². The maximum atomic E-state index is 10.6. The highest BCUT2D eigenvalue weighted by Crippen LogP contribution is 2.57. The third-order valence-electron chi connectivity index (χ3n) is 4.83. The topological polar surface area (TPSA) is 43.7 Å². The molecule has 86 valence electrons. The first-order valence-corrected chi connectivity index (χ1v) is 6.26. The number of hydrogen-bond acceptors (Lipinski definition) is 3. The first-order chi connectivity index (χ1) is 7.19. The number of aliphatic hydroxyl groups excluding tert-OH is 1. The second-order valence-corrected chi connectivity index (χ2v) is 5.74. The summed E-state index contributed by atoms with van der Waals surface area (Å²) in [5, 5.41) is 20.0. The van der Waals surface area contributed by atoms with Crippen LogP contribution in [0.4, 0.5) is 0 Å². The van der Waals surface area contributed by atoms with Crippen molar-refractivity contribution in [3.05, 3.63) is 0 Å². The average molecular weight is 211 g/mol. The molecular formula is C12H21NO2.